The van der Waals surface area contributed by atoms with Gasteiger partial charge in [-0.15, -0.1) is 11.3 Å². The highest BCUT2D eigenvalue weighted by Crippen LogP contribution is 2.29. The van der Waals surface area contributed by atoms with Crippen LogP contribution in [-0.2, 0) is 16.1 Å². The molecule has 198 valence electrons. The van der Waals surface area contributed by atoms with Crippen LogP contribution in [0.2, 0.25) is 0 Å². The molecule has 3 N–H and O–H groups in total. The molecule has 0 aliphatic carbocycles. The minimum atomic E-state index is -1.48. The van der Waals surface area contributed by atoms with Crippen molar-refractivity contribution in [2.75, 3.05) is 24.3 Å². The van der Waals surface area contributed by atoms with Crippen molar-refractivity contribution in [2.24, 2.45) is 0 Å². The third kappa shape index (κ3) is 5.71. The fourth-order valence-electron chi connectivity index (χ4n) is 3.90. The number of anilines is 2. The molecule has 0 fully saturated rings. The third-order valence-electron chi connectivity index (χ3n) is 5.86. The number of fused-ring (bicyclic) bond motifs is 1. The van der Waals surface area contributed by atoms with Gasteiger partial charge in [-0.05, 0) is 30.3 Å². The molecule has 0 aliphatic heterocycles. The van der Waals surface area contributed by atoms with Crippen molar-refractivity contribution in [3.63, 3.8) is 0 Å². The lowest BCUT2D eigenvalue weighted by molar-refractivity contribution is -0.150. The molecule has 2 aromatic carbocycles. The Morgan fingerprint density at radius 3 is 2.69 bits per heavy atom. The van der Waals surface area contributed by atoms with Gasteiger partial charge in [-0.25, -0.2) is 14.8 Å². The van der Waals surface area contributed by atoms with Crippen LogP contribution in [0.25, 0.3) is 21.7 Å². The summed E-state index contributed by atoms with van der Waals surface area (Å²) >= 11 is 1.21. The number of nitrogens with one attached hydrogen (secondary N) is 2. The van der Waals surface area contributed by atoms with Gasteiger partial charge in [-0.3, -0.25) is 14.9 Å². The number of benzene rings is 2. The van der Waals surface area contributed by atoms with Gasteiger partial charge in [0.2, 0.25) is 5.95 Å². The molecular weight excluding hydrogens is 522 g/mol. The lowest BCUT2D eigenvalue weighted by Crippen LogP contribution is -2.28. The van der Waals surface area contributed by atoms with E-state index in [-0.39, 0.29) is 24.8 Å². The minimum Gasteiger partial charge on any atom is -0.467 e. The molecule has 0 radical (unpaired) electrons. The molecule has 0 bridgehead atoms. The molecule has 1 atom stereocenters. The zero-order valence-electron chi connectivity index (χ0n) is 20.7. The van der Waals surface area contributed by atoms with Gasteiger partial charge in [0.25, 0.3) is 5.91 Å². The van der Waals surface area contributed by atoms with Crippen LogP contribution < -0.4 is 10.6 Å². The Labute approximate surface area is 226 Å². The number of hydrogen-bond acceptors (Lipinski definition) is 10. The molecule has 0 aliphatic rings. The molecule has 12 heteroatoms. The summed E-state index contributed by atoms with van der Waals surface area (Å²) in [5.74, 6) is -0.650. The second-order valence-electron chi connectivity index (χ2n) is 8.41. The van der Waals surface area contributed by atoms with Crippen molar-refractivity contribution in [2.45, 2.75) is 12.6 Å². The molecule has 1 amide bonds. The normalized spacial score (nSPS) is 11.7. The van der Waals surface area contributed by atoms with Gasteiger partial charge < -0.3 is 24.1 Å². The van der Waals surface area contributed by atoms with Gasteiger partial charge in [-0.2, -0.15) is 0 Å². The predicted octanol–water partition coefficient (Wildman–Crippen LogP) is 3.83. The topological polar surface area (TPSA) is 149 Å². The Hall–Kier alpha value is -4.81. The Balaban J connectivity index is 1.40. The van der Waals surface area contributed by atoms with Crippen LogP contribution in [0.1, 0.15) is 20.0 Å². The van der Waals surface area contributed by atoms with Crippen LogP contribution >= 0.6 is 11.3 Å². The number of amides is 1. The number of carbonyl (C=O) groups is 3. The van der Waals surface area contributed by atoms with Gasteiger partial charge in [-0.1, -0.05) is 30.3 Å². The molecule has 1 unspecified atom stereocenters. The number of aliphatic hydroxyl groups excluding tert-OH is 1. The smallest absolute Gasteiger partial charge is 0.336 e. The second kappa shape index (κ2) is 11.3. The van der Waals surface area contributed by atoms with Crippen LogP contribution in [0.5, 0.6) is 0 Å². The van der Waals surface area contributed by atoms with E-state index in [4.69, 9.17) is 4.42 Å². The highest BCUT2D eigenvalue weighted by molar-refractivity contribution is 7.17. The van der Waals surface area contributed by atoms with E-state index in [9.17, 15) is 19.5 Å². The highest BCUT2D eigenvalue weighted by Gasteiger charge is 2.22. The van der Waals surface area contributed by atoms with Gasteiger partial charge in [0.05, 0.1) is 47.2 Å². The molecule has 5 aromatic rings. The Morgan fingerprint density at radius 2 is 1.95 bits per heavy atom. The number of thiophene rings is 1. The van der Waals surface area contributed by atoms with Crippen LogP contribution in [0.4, 0.5) is 11.6 Å². The van der Waals surface area contributed by atoms with Crippen molar-refractivity contribution >= 4 is 51.7 Å². The summed E-state index contributed by atoms with van der Waals surface area (Å²) in [6.45, 7) is -0.126. The molecule has 3 aromatic heterocycles. The Kier molecular flexibility index (Phi) is 7.48. The first-order valence-corrected chi connectivity index (χ1v) is 12.6. The van der Waals surface area contributed by atoms with E-state index in [2.05, 4.69) is 25.3 Å². The molecular formula is C27H23N5O6S. The monoisotopic (exact) mass is 545 g/mol. The lowest BCUT2D eigenvalue weighted by Gasteiger charge is -2.13. The predicted molar refractivity (Wildman–Crippen MR) is 145 cm³/mol. The average Bonchev–Trinajstić information content (AvgIpc) is 3.72. The van der Waals surface area contributed by atoms with Gasteiger partial charge in [0.15, 0.2) is 24.0 Å². The summed E-state index contributed by atoms with van der Waals surface area (Å²) in [4.78, 5) is 47.0. The summed E-state index contributed by atoms with van der Waals surface area (Å²) in [5, 5.41) is 16.2. The van der Waals surface area contributed by atoms with Crippen LogP contribution in [0.15, 0.2) is 77.7 Å². The van der Waals surface area contributed by atoms with E-state index in [0.29, 0.717) is 32.9 Å². The second-order valence-corrected chi connectivity index (χ2v) is 9.50. The van der Waals surface area contributed by atoms with Crippen LogP contribution in [-0.4, -0.2) is 57.1 Å². The number of methoxy groups -OCH3 is 1. The van der Waals surface area contributed by atoms with E-state index < -0.39 is 18.0 Å². The Bertz CT molecular complexity index is 1630. The summed E-state index contributed by atoms with van der Waals surface area (Å²) in [6.07, 6.45) is 1.38. The van der Waals surface area contributed by atoms with E-state index in [1.165, 1.54) is 29.4 Å². The molecule has 11 nitrogen and oxygen atoms in total. The number of aliphatic hydroxyl groups is 1. The van der Waals surface area contributed by atoms with Crippen LogP contribution in [0, 0.1) is 0 Å². The minimum absolute atomic E-state index is 0.0731. The molecule has 3 heterocycles. The number of oxazole rings is 1. The molecule has 0 saturated carbocycles. The van der Waals surface area contributed by atoms with Crippen molar-refractivity contribution in [3.8, 4) is 10.6 Å². The Morgan fingerprint density at radius 1 is 1.13 bits per heavy atom. The third-order valence-corrected chi connectivity index (χ3v) is 6.95. The van der Waals surface area contributed by atoms with Crippen molar-refractivity contribution < 1.29 is 28.6 Å². The molecule has 39 heavy (non-hydrogen) atoms. The average molecular weight is 546 g/mol. The van der Waals surface area contributed by atoms with Crippen LogP contribution in [0.3, 0.4) is 0 Å². The number of hydrogen-bond donors (Lipinski definition) is 3. The lowest BCUT2D eigenvalue weighted by atomic mass is 10.1. The number of ether oxygens (including phenoxy) is 1. The summed E-state index contributed by atoms with van der Waals surface area (Å²) in [6, 6.07) is 17.5. The number of imidazole rings is 1. The largest absolute Gasteiger partial charge is 0.467 e. The molecule has 0 saturated heterocycles. The maximum atomic E-state index is 13.1. The van der Waals surface area contributed by atoms with Crippen molar-refractivity contribution in [1.82, 2.24) is 14.5 Å². The quantitative estimate of drug-likeness (QED) is 0.176. The summed E-state index contributed by atoms with van der Waals surface area (Å²) < 4.78 is 11.5. The standard InChI is InChI=1S/C27H23N5O6S/c1-37-26(36)21(34)14-32-19-8-7-17(29-12-20(33)16-5-3-2-4-6-16)11-18(19)30-27(32)31-25(35)24-10-9-23(39-24)22-13-28-15-38-22/h2-11,13,15,21,29,34H,12,14H2,1H3,(H,30,31,35). The van der Waals surface area contributed by atoms with E-state index >= 15 is 0 Å². The van der Waals surface area contributed by atoms with Gasteiger partial charge >= 0.3 is 5.97 Å². The van der Waals surface area contributed by atoms with Crippen molar-refractivity contribution in [1.29, 1.82) is 0 Å². The SMILES string of the molecule is COC(=O)C(O)Cn1c(NC(=O)c2ccc(-c3cnco3)s2)nc2cc(NCC(=O)c3ccccc3)ccc21. The summed E-state index contributed by atoms with van der Waals surface area (Å²) in [5.41, 5.74) is 2.27. The number of aromatic nitrogens is 3. The first-order valence-electron chi connectivity index (χ1n) is 11.8. The first kappa shape index (κ1) is 25.8. The number of Topliss-reactive ketones (excluding diaryl/α,β-unsaturated/α-hetero) is 1. The maximum absolute atomic E-state index is 13.1. The number of carbonyl (C=O) groups excluding carboxylic acids is 3. The summed E-state index contributed by atoms with van der Waals surface area (Å²) in [7, 11) is 1.18. The van der Waals surface area contributed by atoms with Crippen molar-refractivity contribution in [3.05, 3.63) is 83.7 Å². The molecule has 0 spiro atoms. The molecule has 5 rings (SSSR count). The fraction of sp³-hybridized carbons (Fsp3) is 0.148. The van der Waals surface area contributed by atoms with E-state index in [0.717, 1.165) is 4.88 Å². The number of ketones is 1. The van der Waals surface area contributed by atoms with E-state index in [1.54, 1.807) is 60.8 Å². The maximum Gasteiger partial charge on any atom is 0.336 e. The van der Waals surface area contributed by atoms with Gasteiger partial charge in [0, 0.05) is 11.3 Å². The fourth-order valence-corrected chi connectivity index (χ4v) is 4.76. The zero-order valence-corrected chi connectivity index (χ0v) is 21.5. The number of esters is 1. The number of nitrogens with zero attached hydrogens (tertiary/aromatic N) is 3. The zero-order chi connectivity index (χ0) is 27.4. The highest BCUT2D eigenvalue weighted by atomic mass is 32.1. The number of rotatable bonds is 10. The van der Waals surface area contributed by atoms with E-state index in [1.807, 2.05) is 6.07 Å². The first-order chi connectivity index (χ1) is 18.9. The van der Waals surface area contributed by atoms with Gasteiger partial charge in [0.1, 0.15) is 0 Å².